The molecule has 0 atom stereocenters. The Balaban J connectivity index is 1.38. The van der Waals surface area contributed by atoms with Crippen LogP contribution in [0, 0.1) is 12.7 Å². The summed E-state index contributed by atoms with van der Waals surface area (Å²) in [6, 6.07) is 14.9. The van der Waals surface area contributed by atoms with Gasteiger partial charge in [-0.05, 0) is 44.0 Å². The Labute approximate surface area is 171 Å². The van der Waals surface area contributed by atoms with Gasteiger partial charge in [0, 0.05) is 11.6 Å². The zero-order valence-electron chi connectivity index (χ0n) is 15.7. The second-order valence-corrected chi connectivity index (χ2v) is 7.99. The van der Waals surface area contributed by atoms with Crippen molar-refractivity contribution >= 4 is 11.8 Å². The predicted molar refractivity (Wildman–Crippen MR) is 108 cm³/mol. The van der Waals surface area contributed by atoms with Crippen LogP contribution in [0.25, 0.3) is 22.8 Å². The molecule has 6 nitrogen and oxygen atoms in total. The van der Waals surface area contributed by atoms with E-state index < -0.39 is 0 Å². The van der Waals surface area contributed by atoms with E-state index in [1.165, 1.54) is 17.8 Å². The van der Waals surface area contributed by atoms with Gasteiger partial charge in [0.25, 0.3) is 0 Å². The van der Waals surface area contributed by atoms with Crippen molar-refractivity contribution in [1.82, 2.24) is 25.0 Å². The predicted octanol–water partition coefficient (Wildman–Crippen LogP) is 5.07. The summed E-state index contributed by atoms with van der Waals surface area (Å²) in [5.74, 6) is 1.77. The smallest absolute Gasteiger partial charge is 0.247 e. The Morgan fingerprint density at radius 1 is 1.07 bits per heavy atom. The minimum absolute atomic E-state index is 0.293. The van der Waals surface area contributed by atoms with Gasteiger partial charge in [0.05, 0.1) is 11.3 Å². The van der Waals surface area contributed by atoms with Crippen molar-refractivity contribution in [2.45, 2.75) is 36.7 Å². The van der Waals surface area contributed by atoms with Gasteiger partial charge in [0.1, 0.15) is 5.82 Å². The molecule has 0 bridgehead atoms. The molecule has 146 valence electrons. The summed E-state index contributed by atoms with van der Waals surface area (Å²) in [6.07, 6.45) is 2.09. The van der Waals surface area contributed by atoms with Crippen LogP contribution >= 0.6 is 11.8 Å². The van der Waals surface area contributed by atoms with E-state index in [0.29, 0.717) is 35.0 Å². The Morgan fingerprint density at radius 3 is 2.72 bits per heavy atom. The quantitative estimate of drug-likeness (QED) is 0.416. The Hall–Kier alpha value is -3.00. The van der Waals surface area contributed by atoms with E-state index in [1.54, 1.807) is 12.1 Å². The standard InChI is InChI=1S/C21H18FN5OS/c1-13-5-4-6-14(11-13)20-25-23-18(28-20)12-29-21-26-24-19(27(21)15-9-10-15)16-7-2-3-8-17(16)22/h2-8,11,15H,9-10,12H2,1H3. The lowest BCUT2D eigenvalue weighted by Crippen LogP contribution is -2.01. The molecule has 1 fully saturated rings. The lowest BCUT2D eigenvalue weighted by Gasteiger charge is -2.08. The van der Waals surface area contributed by atoms with Gasteiger partial charge < -0.3 is 4.42 Å². The average molecular weight is 407 g/mol. The van der Waals surface area contributed by atoms with E-state index in [-0.39, 0.29) is 5.82 Å². The zero-order chi connectivity index (χ0) is 19.8. The summed E-state index contributed by atoms with van der Waals surface area (Å²) >= 11 is 1.47. The Kier molecular flexibility index (Phi) is 4.63. The van der Waals surface area contributed by atoms with E-state index in [0.717, 1.165) is 29.1 Å². The van der Waals surface area contributed by atoms with Crippen LogP contribution in [0.1, 0.15) is 30.3 Å². The van der Waals surface area contributed by atoms with E-state index in [2.05, 4.69) is 20.4 Å². The summed E-state index contributed by atoms with van der Waals surface area (Å²) in [7, 11) is 0. The molecule has 1 aliphatic rings. The molecule has 0 spiro atoms. The summed E-state index contributed by atoms with van der Waals surface area (Å²) in [6.45, 7) is 2.02. The van der Waals surface area contributed by atoms with Crippen molar-refractivity contribution in [3.8, 4) is 22.8 Å². The molecule has 0 radical (unpaired) electrons. The molecule has 2 aromatic carbocycles. The molecule has 0 N–H and O–H groups in total. The van der Waals surface area contributed by atoms with E-state index >= 15 is 0 Å². The molecule has 29 heavy (non-hydrogen) atoms. The fourth-order valence-electron chi connectivity index (χ4n) is 3.20. The molecule has 0 amide bonds. The summed E-state index contributed by atoms with van der Waals surface area (Å²) < 4.78 is 22.1. The highest BCUT2D eigenvalue weighted by Crippen LogP contribution is 2.41. The number of nitrogens with zero attached hydrogens (tertiary/aromatic N) is 5. The molecule has 1 aliphatic carbocycles. The van der Waals surface area contributed by atoms with Crippen LogP contribution in [0.3, 0.4) is 0 Å². The minimum atomic E-state index is -0.293. The Morgan fingerprint density at radius 2 is 1.93 bits per heavy atom. The first-order chi connectivity index (χ1) is 14.2. The Bertz CT molecular complexity index is 1170. The van der Waals surface area contributed by atoms with Crippen molar-refractivity contribution in [3.05, 3.63) is 65.8 Å². The van der Waals surface area contributed by atoms with Gasteiger partial charge in [-0.2, -0.15) is 0 Å². The van der Waals surface area contributed by atoms with Gasteiger partial charge in [0.2, 0.25) is 11.8 Å². The third-order valence-electron chi connectivity index (χ3n) is 4.75. The molecule has 0 unspecified atom stereocenters. The molecular weight excluding hydrogens is 389 g/mol. The second-order valence-electron chi connectivity index (χ2n) is 7.05. The zero-order valence-corrected chi connectivity index (χ0v) is 16.6. The maximum absolute atomic E-state index is 14.3. The van der Waals surface area contributed by atoms with Crippen LogP contribution in [0.15, 0.2) is 58.1 Å². The maximum atomic E-state index is 14.3. The van der Waals surface area contributed by atoms with Crippen LogP contribution in [-0.2, 0) is 5.75 Å². The van der Waals surface area contributed by atoms with Crippen LogP contribution in [0.4, 0.5) is 4.39 Å². The number of aromatic nitrogens is 5. The normalized spacial score (nSPS) is 13.7. The van der Waals surface area contributed by atoms with Crippen LogP contribution in [0.2, 0.25) is 0 Å². The number of benzene rings is 2. The lowest BCUT2D eigenvalue weighted by molar-refractivity contribution is 0.528. The third kappa shape index (κ3) is 3.67. The van der Waals surface area contributed by atoms with E-state index in [4.69, 9.17) is 4.42 Å². The number of rotatable bonds is 6. The number of hydrogen-bond donors (Lipinski definition) is 0. The third-order valence-corrected chi connectivity index (χ3v) is 5.68. The van der Waals surface area contributed by atoms with Crippen molar-refractivity contribution in [3.63, 3.8) is 0 Å². The van der Waals surface area contributed by atoms with Crippen LogP contribution in [0.5, 0.6) is 0 Å². The number of aryl methyl sites for hydroxylation is 1. The highest BCUT2D eigenvalue weighted by Gasteiger charge is 2.31. The van der Waals surface area contributed by atoms with Crippen molar-refractivity contribution in [2.75, 3.05) is 0 Å². The molecule has 2 aromatic heterocycles. The maximum Gasteiger partial charge on any atom is 0.247 e. The first-order valence-electron chi connectivity index (χ1n) is 9.41. The highest BCUT2D eigenvalue weighted by atomic mass is 32.2. The molecule has 2 heterocycles. The fraction of sp³-hybridized carbons (Fsp3) is 0.238. The average Bonchev–Trinajstić information content (AvgIpc) is 3.30. The van der Waals surface area contributed by atoms with Gasteiger partial charge in [0.15, 0.2) is 11.0 Å². The summed E-state index contributed by atoms with van der Waals surface area (Å²) in [5, 5.41) is 17.6. The first kappa shape index (κ1) is 18.1. The largest absolute Gasteiger partial charge is 0.420 e. The molecular formula is C21H18FN5OS. The van der Waals surface area contributed by atoms with Crippen molar-refractivity contribution < 1.29 is 8.81 Å². The van der Waals surface area contributed by atoms with Gasteiger partial charge in [-0.25, -0.2) is 4.39 Å². The van der Waals surface area contributed by atoms with Gasteiger partial charge in [-0.3, -0.25) is 4.57 Å². The highest BCUT2D eigenvalue weighted by molar-refractivity contribution is 7.98. The monoisotopic (exact) mass is 407 g/mol. The number of thioether (sulfide) groups is 1. The molecule has 1 saturated carbocycles. The summed E-state index contributed by atoms with van der Waals surface area (Å²) in [4.78, 5) is 0. The lowest BCUT2D eigenvalue weighted by atomic mass is 10.1. The molecule has 8 heteroatoms. The summed E-state index contributed by atoms with van der Waals surface area (Å²) in [5.41, 5.74) is 2.50. The molecule has 0 aliphatic heterocycles. The number of hydrogen-bond acceptors (Lipinski definition) is 6. The first-order valence-corrected chi connectivity index (χ1v) is 10.4. The SMILES string of the molecule is Cc1cccc(-c2nnc(CSc3nnc(-c4ccccc4F)n3C3CC3)o2)c1. The van der Waals surface area contributed by atoms with Crippen molar-refractivity contribution in [1.29, 1.82) is 0 Å². The van der Waals surface area contributed by atoms with Gasteiger partial charge in [-0.15, -0.1) is 20.4 Å². The van der Waals surface area contributed by atoms with E-state index in [9.17, 15) is 4.39 Å². The topological polar surface area (TPSA) is 69.6 Å². The van der Waals surface area contributed by atoms with Crippen molar-refractivity contribution in [2.24, 2.45) is 0 Å². The molecule has 0 saturated heterocycles. The van der Waals surface area contributed by atoms with Crippen LogP contribution in [-0.4, -0.2) is 25.0 Å². The number of halogens is 1. The van der Waals surface area contributed by atoms with Crippen LogP contribution < -0.4 is 0 Å². The van der Waals surface area contributed by atoms with Gasteiger partial charge in [-0.1, -0.05) is 41.6 Å². The minimum Gasteiger partial charge on any atom is -0.420 e. The fourth-order valence-corrected chi connectivity index (χ4v) is 4.04. The molecule has 5 rings (SSSR count). The van der Waals surface area contributed by atoms with E-state index in [1.807, 2.05) is 41.8 Å². The second kappa shape index (κ2) is 7.44. The van der Waals surface area contributed by atoms with Gasteiger partial charge >= 0.3 is 0 Å². The molecule has 4 aromatic rings.